The average molecular weight is 188 g/mol. The highest BCUT2D eigenvalue weighted by Gasteiger charge is 2.33. The Balaban J connectivity index is 2.52. The molecule has 76 valence electrons. The Hall–Kier alpha value is -0.610. The van der Waals surface area contributed by atoms with Crippen molar-refractivity contribution in [2.75, 3.05) is 14.2 Å². The SMILES string of the molecule is COC1CCC(C(=O)O)CC1OC. The maximum atomic E-state index is 10.7. The van der Waals surface area contributed by atoms with Gasteiger partial charge in [-0.1, -0.05) is 0 Å². The van der Waals surface area contributed by atoms with E-state index in [0.717, 1.165) is 6.42 Å². The summed E-state index contributed by atoms with van der Waals surface area (Å²) in [6.07, 6.45) is 2.00. The summed E-state index contributed by atoms with van der Waals surface area (Å²) in [5, 5.41) is 8.81. The molecular weight excluding hydrogens is 172 g/mol. The molecule has 0 saturated heterocycles. The molecule has 0 aromatic carbocycles. The molecule has 1 saturated carbocycles. The summed E-state index contributed by atoms with van der Waals surface area (Å²) in [7, 11) is 3.23. The second kappa shape index (κ2) is 4.58. The van der Waals surface area contributed by atoms with Crippen molar-refractivity contribution in [1.82, 2.24) is 0 Å². The maximum Gasteiger partial charge on any atom is 0.306 e. The molecule has 0 aliphatic heterocycles. The maximum absolute atomic E-state index is 10.7. The number of hydrogen-bond acceptors (Lipinski definition) is 3. The van der Waals surface area contributed by atoms with Crippen LogP contribution in [-0.4, -0.2) is 37.5 Å². The van der Waals surface area contributed by atoms with Gasteiger partial charge in [-0.2, -0.15) is 0 Å². The highest BCUT2D eigenvalue weighted by atomic mass is 16.5. The first-order valence-corrected chi connectivity index (χ1v) is 4.47. The van der Waals surface area contributed by atoms with E-state index in [1.807, 2.05) is 0 Å². The fourth-order valence-electron chi connectivity index (χ4n) is 1.84. The van der Waals surface area contributed by atoms with E-state index in [0.29, 0.717) is 12.8 Å². The topological polar surface area (TPSA) is 55.8 Å². The fourth-order valence-corrected chi connectivity index (χ4v) is 1.84. The highest BCUT2D eigenvalue weighted by molar-refractivity contribution is 5.70. The molecule has 13 heavy (non-hydrogen) atoms. The third-order valence-electron chi connectivity index (χ3n) is 2.69. The van der Waals surface area contributed by atoms with E-state index in [-0.39, 0.29) is 18.1 Å². The molecular formula is C9H16O4. The van der Waals surface area contributed by atoms with Crippen molar-refractivity contribution in [1.29, 1.82) is 0 Å². The van der Waals surface area contributed by atoms with Crippen LogP contribution in [0.3, 0.4) is 0 Å². The standard InChI is InChI=1S/C9H16O4/c1-12-7-4-3-6(9(10)11)5-8(7)13-2/h6-8H,3-5H2,1-2H3,(H,10,11). The van der Waals surface area contributed by atoms with E-state index in [9.17, 15) is 4.79 Å². The molecule has 1 aliphatic rings. The lowest BCUT2D eigenvalue weighted by Crippen LogP contribution is -2.38. The molecule has 0 amide bonds. The van der Waals surface area contributed by atoms with Gasteiger partial charge in [0.1, 0.15) is 0 Å². The summed E-state index contributed by atoms with van der Waals surface area (Å²) in [5.74, 6) is -0.993. The van der Waals surface area contributed by atoms with Crippen molar-refractivity contribution < 1.29 is 19.4 Å². The molecule has 1 rings (SSSR count). The van der Waals surface area contributed by atoms with Crippen LogP contribution >= 0.6 is 0 Å². The van der Waals surface area contributed by atoms with Crippen LogP contribution in [-0.2, 0) is 14.3 Å². The van der Waals surface area contributed by atoms with Gasteiger partial charge < -0.3 is 14.6 Å². The van der Waals surface area contributed by atoms with Gasteiger partial charge >= 0.3 is 5.97 Å². The van der Waals surface area contributed by atoms with Crippen molar-refractivity contribution in [3.05, 3.63) is 0 Å². The molecule has 4 nitrogen and oxygen atoms in total. The number of carbonyl (C=O) groups is 1. The lowest BCUT2D eigenvalue weighted by molar-refractivity contribution is -0.148. The molecule has 0 heterocycles. The van der Waals surface area contributed by atoms with Crippen molar-refractivity contribution in [2.24, 2.45) is 5.92 Å². The minimum Gasteiger partial charge on any atom is -0.481 e. The third-order valence-corrected chi connectivity index (χ3v) is 2.69. The monoisotopic (exact) mass is 188 g/mol. The number of rotatable bonds is 3. The smallest absolute Gasteiger partial charge is 0.306 e. The molecule has 0 spiro atoms. The van der Waals surface area contributed by atoms with Crippen LogP contribution in [0.2, 0.25) is 0 Å². The predicted molar refractivity (Wildman–Crippen MR) is 46.6 cm³/mol. The molecule has 1 fully saturated rings. The summed E-state index contributed by atoms with van der Waals surface area (Å²) < 4.78 is 10.4. The molecule has 0 bridgehead atoms. The van der Waals surface area contributed by atoms with E-state index in [2.05, 4.69) is 0 Å². The first-order chi connectivity index (χ1) is 6.19. The fraction of sp³-hybridized carbons (Fsp3) is 0.889. The minimum atomic E-state index is -0.725. The first-order valence-electron chi connectivity index (χ1n) is 4.47. The van der Waals surface area contributed by atoms with Gasteiger partial charge in [0.25, 0.3) is 0 Å². The van der Waals surface area contributed by atoms with E-state index >= 15 is 0 Å². The second-order valence-electron chi connectivity index (χ2n) is 3.40. The van der Waals surface area contributed by atoms with Gasteiger partial charge in [-0.05, 0) is 19.3 Å². The van der Waals surface area contributed by atoms with Crippen molar-refractivity contribution in [3.8, 4) is 0 Å². The van der Waals surface area contributed by atoms with E-state index < -0.39 is 5.97 Å². The van der Waals surface area contributed by atoms with Crippen molar-refractivity contribution >= 4 is 5.97 Å². The summed E-state index contributed by atoms with van der Waals surface area (Å²) in [6, 6.07) is 0. The summed E-state index contributed by atoms with van der Waals surface area (Å²) in [6.45, 7) is 0. The third kappa shape index (κ3) is 2.42. The number of carboxylic acids is 1. The summed E-state index contributed by atoms with van der Waals surface area (Å²) in [5.41, 5.74) is 0. The number of aliphatic carboxylic acids is 1. The van der Waals surface area contributed by atoms with Crippen LogP contribution in [0, 0.1) is 5.92 Å². The highest BCUT2D eigenvalue weighted by Crippen LogP contribution is 2.28. The Labute approximate surface area is 77.8 Å². The van der Waals surface area contributed by atoms with Gasteiger partial charge in [0, 0.05) is 14.2 Å². The van der Waals surface area contributed by atoms with Gasteiger partial charge in [-0.25, -0.2) is 0 Å². The zero-order chi connectivity index (χ0) is 9.84. The van der Waals surface area contributed by atoms with Crippen LogP contribution in [0.5, 0.6) is 0 Å². The minimum absolute atomic E-state index is 0.0561. The zero-order valence-corrected chi connectivity index (χ0v) is 8.03. The van der Waals surface area contributed by atoms with Crippen molar-refractivity contribution in [3.63, 3.8) is 0 Å². The molecule has 0 aromatic rings. The molecule has 4 heteroatoms. The Bertz CT molecular complexity index is 180. The van der Waals surface area contributed by atoms with Gasteiger partial charge in [-0.3, -0.25) is 4.79 Å². The van der Waals surface area contributed by atoms with Crippen LogP contribution in [0.4, 0.5) is 0 Å². The molecule has 0 radical (unpaired) electrons. The van der Waals surface area contributed by atoms with E-state index in [1.54, 1.807) is 14.2 Å². The van der Waals surface area contributed by atoms with Crippen LogP contribution in [0.25, 0.3) is 0 Å². The lowest BCUT2D eigenvalue weighted by Gasteiger charge is -2.32. The van der Waals surface area contributed by atoms with Crippen molar-refractivity contribution in [2.45, 2.75) is 31.5 Å². The van der Waals surface area contributed by atoms with Crippen LogP contribution in [0.15, 0.2) is 0 Å². The molecule has 3 atom stereocenters. The first kappa shape index (κ1) is 10.5. The van der Waals surface area contributed by atoms with Gasteiger partial charge in [0.2, 0.25) is 0 Å². The number of ether oxygens (including phenoxy) is 2. The van der Waals surface area contributed by atoms with Crippen LogP contribution < -0.4 is 0 Å². The van der Waals surface area contributed by atoms with E-state index in [4.69, 9.17) is 14.6 Å². The Morgan fingerprint density at radius 1 is 1.23 bits per heavy atom. The van der Waals surface area contributed by atoms with Gasteiger partial charge in [0.15, 0.2) is 0 Å². The average Bonchev–Trinajstić information content (AvgIpc) is 2.16. The summed E-state index contributed by atoms with van der Waals surface area (Å²) in [4.78, 5) is 10.7. The molecule has 3 unspecified atom stereocenters. The molecule has 1 aliphatic carbocycles. The Morgan fingerprint density at radius 3 is 2.31 bits per heavy atom. The van der Waals surface area contributed by atoms with Gasteiger partial charge in [0.05, 0.1) is 18.1 Å². The number of carboxylic acid groups (broad SMARTS) is 1. The number of methoxy groups -OCH3 is 2. The summed E-state index contributed by atoms with van der Waals surface area (Å²) >= 11 is 0. The van der Waals surface area contributed by atoms with E-state index in [1.165, 1.54) is 0 Å². The predicted octanol–water partition coefficient (Wildman–Crippen LogP) is 0.901. The lowest BCUT2D eigenvalue weighted by atomic mass is 9.85. The van der Waals surface area contributed by atoms with Gasteiger partial charge in [-0.15, -0.1) is 0 Å². The molecule has 1 N–H and O–H groups in total. The Morgan fingerprint density at radius 2 is 1.85 bits per heavy atom. The normalized spacial score (nSPS) is 34.5. The number of hydrogen-bond donors (Lipinski definition) is 1. The van der Waals surface area contributed by atoms with Crippen LogP contribution in [0.1, 0.15) is 19.3 Å². The largest absolute Gasteiger partial charge is 0.481 e. The molecule has 0 aromatic heterocycles. The Kier molecular flexibility index (Phi) is 3.69. The quantitative estimate of drug-likeness (QED) is 0.715. The zero-order valence-electron chi connectivity index (χ0n) is 8.03. The second-order valence-corrected chi connectivity index (χ2v) is 3.40.